The van der Waals surface area contributed by atoms with E-state index in [1.807, 2.05) is 11.8 Å². The lowest BCUT2D eigenvalue weighted by Gasteiger charge is -2.06. The van der Waals surface area contributed by atoms with Gasteiger partial charge in [-0.05, 0) is 18.6 Å². The number of thioether (sulfide) groups is 1. The van der Waals surface area contributed by atoms with Gasteiger partial charge < -0.3 is 5.11 Å². The fraction of sp³-hybridized carbons (Fsp3) is 1.00. The first-order valence-electron chi connectivity index (χ1n) is 3.53. The van der Waals surface area contributed by atoms with Gasteiger partial charge in [-0.25, -0.2) is 0 Å². The van der Waals surface area contributed by atoms with Gasteiger partial charge in [-0.15, -0.1) is 0 Å². The van der Waals surface area contributed by atoms with E-state index in [1.165, 1.54) is 12.2 Å². The van der Waals surface area contributed by atoms with Crippen molar-refractivity contribution in [3.8, 4) is 0 Å². The summed E-state index contributed by atoms with van der Waals surface area (Å²) in [7, 11) is 0. The molecule has 0 aromatic carbocycles. The minimum atomic E-state index is 0.331. The molecule has 1 unspecified atom stereocenters. The molecule has 0 heterocycles. The predicted octanol–water partition coefficient (Wildman–Crippen LogP) is 1.90. The molecule has 0 aliphatic heterocycles. The van der Waals surface area contributed by atoms with Crippen molar-refractivity contribution in [2.45, 2.75) is 31.9 Å². The molecule has 0 rings (SSSR count). The topological polar surface area (TPSA) is 20.2 Å². The predicted molar refractivity (Wildman–Crippen MR) is 43.9 cm³/mol. The number of hydrogen-bond acceptors (Lipinski definition) is 2. The van der Waals surface area contributed by atoms with Crippen LogP contribution in [-0.2, 0) is 0 Å². The summed E-state index contributed by atoms with van der Waals surface area (Å²) in [6.45, 7) is 4.67. The Morgan fingerprint density at radius 3 is 2.67 bits per heavy atom. The third-order valence-electron chi connectivity index (χ3n) is 1.14. The summed E-state index contributed by atoms with van der Waals surface area (Å²) in [5.41, 5.74) is 0. The Kier molecular flexibility index (Phi) is 6.65. The smallest absolute Gasteiger partial charge is 0.0441 e. The molecule has 0 saturated heterocycles. The van der Waals surface area contributed by atoms with E-state index in [-0.39, 0.29) is 0 Å². The summed E-state index contributed by atoms with van der Waals surface area (Å²) < 4.78 is 0. The van der Waals surface area contributed by atoms with Crippen LogP contribution < -0.4 is 0 Å². The van der Waals surface area contributed by atoms with Gasteiger partial charge in [0.2, 0.25) is 0 Å². The first-order valence-corrected chi connectivity index (χ1v) is 4.58. The molecule has 9 heavy (non-hydrogen) atoms. The van der Waals surface area contributed by atoms with Gasteiger partial charge in [0.1, 0.15) is 0 Å². The van der Waals surface area contributed by atoms with E-state index in [4.69, 9.17) is 5.11 Å². The zero-order chi connectivity index (χ0) is 7.11. The van der Waals surface area contributed by atoms with E-state index >= 15 is 0 Å². The lowest BCUT2D eigenvalue weighted by molar-refractivity contribution is 0.289. The minimum absolute atomic E-state index is 0.331. The largest absolute Gasteiger partial charge is 0.396 e. The van der Waals surface area contributed by atoms with E-state index in [1.54, 1.807) is 0 Å². The molecule has 0 fully saturated rings. The molecule has 1 N–H and O–H groups in total. The standard InChI is InChI=1S/C7H16OS/c1-3-6-9-7(2)4-5-8/h7-8H,3-6H2,1-2H3. The van der Waals surface area contributed by atoms with Gasteiger partial charge >= 0.3 is 0 Å². The highest BCUT2D eigenvalue weighted by Crippen LogP contribution is 2.13. The molecule has 0 saturated carbocycles. The Labute approximate surface area is 61.8 Å². The summed E-state index contributed by atoms with van der Waals surface area (Å²) in [6.07, 6.45) is 2.17. The van der Waals surface area contributed by atoms with Crippen LogP contribution in [0.25, 0.3) is 0 Å². The first-order chi connectivity index (χ1) is 4.31. The molecule has 0 aliphatic rings. The summed E-state index contributed by atoms with van der Waals surface area (Å²) in [5.74, 6) is 1.22. The van der Waals surface area contributed by atoms with Gasteiger partial charge in [0.05, 0.1) is 0 Å². The Morgan fingerprint density at radius 2 is 2.22 bits per heavy atom. The normalized spacial score (nSPS) is 13.7. The van der Waals surface area contributed by atoms with Crippen molar-refractivity contribution in [3.63, 3.8) is 0 Å². The highest BCUT2D eigenvalue weighted by molar-refractivity contribution is 7.99. The molecule has 0 amide bonds. The lowest BCUT2D eigenvalue weighted by Crippen LogP contribution is -1.99. The zero-order valence-corrected chi connectivity index (χ0v) is 7.08. The molecule has 1 atom stereocenters. The fourth-order valence-corrected chi connectivity index (χ4v) is 1.49. The third-order valence-corrected chi connectivity index (χ3v) is 2.59. The van der Waals surface area contributed by atoms with E-state index in [9.17, 15) is 0 Å². The first kappa shape index (κ1) is 9.31. The van der Waals surface area contributed by atoms with Crippen LogP contribution in [-0.4, -0.2) is 22.7 Å². The van der Waals surface area contributed by atoms with E-state index in [0.717, 1.165) is 6.42 Å². The Morgan fingerprint density at radius 1 is 1.56 bits per heavy atom. The van der Waals surface area contributed by atoms with Gasteiger partial charge in [-0.2, -0.15) is 11.8 Å². The van der Waals surface area contributed by atoms with E-state index < -0.39 is 0 Å². The average molecular weight is 148 g/mol. The lowest BCUT2D eigenvalue weighted by atomic mass is 10.3. The average Bonchev–Trinajstić information content (AvgIpc) is 1.85. The van der Waals surface area contributed by atoms with Gasteiger partial charge in [0.25, 0.3) is 0 Å². The van der Waals surface area contributed by atoms with E-state index in [2.05, 4.69) is 13.8 Å². The van der Waals surface area contributed by atoms with Crippen LogP contribution in [0.2, 0.25) is 0 Å². The summed E-state index contributed by atoms with van der Waals surface area (Å²) >= 11 is 1.94. The highest BCUT2D eigenvalue weighted by Gasteiger charge is 1.98. The van der Waals surface area contributed by atoms with Crippen molar-refractivity contribution >= 4 is 11.8 Å². The number of hydrogen-bond donors (Lipinski definition) is 1. The van der Waals surface area contributed by atoms with Crippen molar-refractivity contribution in [1.29, 1.82) is 0 Å². The Balaban J connectivity index is 2.95. The van der Waals surface area contributed by atoms with Gasteiger partial charge in [0, 0.05) is 11.9 Å². The zero-order valence-electron chi connectivity index (χ0n) is 6.26. The number of aliphatic hydroxyl groups is 1. The highest BCUT2D eigenvalue weighted by atomic mass is 32.2. The maximum absolute atomic E-state index is 8.52. The van der Waals surface area contributed by atoms with Crippen molar-refractivity contribution in [1.82, 2.24) is 0 Å². The summed E-state index contributed by atoms with van der Waals surface area (Å²) in [4.78, 5) is 0. The molecule has 0 spiro atoms. The second kappa shape index (κ2) is 6.43. The summed E-state index contributed by atoms with van der Waals surface area (Å²) in [6, 6.07) is 0. The Bertz CT molecular complexity index is 56.9. The molecule has 0 aromatic heterocycles. The fourth-order valence-electron chi connectivity index (χ4n) is 0.584. The molecule has 0 aromatic rings. The van der Waals surface area contributed by atoms with Crippen LogP contribution in [0.1, 0.15) is 26.7 Å². The second-order valence-electron chi connectivity index (χ2n) is 2.19. The third kappa shape index (κ3) is 6.19. The van der Waals surface area contributed by atoms with Crippen LogP contribution in [0.5, 0.6) is 0 Å². The molecular formula is C7H16OS. The molecule has 0 bridgehead atoms. The van der Waals surface area contributed by atoms with E-state index in [0.29, 0.717) is 11.9 Å². The molecule has 0 radical (unpaired) electrons. The maximum Gasteiger partial charge on any atom is 0.0441 e. The van der Waals surface area contributed by atoms with Crippen LogP contribution in [0, 0.1) is 0 Å². The molecule has 2 heteroatoms. The van der Waals surface area contributed by atoms with Crippen molar-refractivity contribution in [2.75, 3.05) is 12.4 Å². The number of aliphatic hydroxyl groups excluding tert-OH is 1. The van der Waals surface area contributed by atoms with Crippen LogP contribution in [0.4, 0.5) is 0 Å². The SMILES string of the molecule is CCCSC(C)CCO. The van der Waals surface area contributed by atoms with Crippen LogP contribution >= 0.6 is 11.8 Å². The van der Waals surface area contributed by atoms with Gasteiger partial charge in [-0.3, -0.25) is 0 Å². The van der Waals surface area contributed by atoms with Crippen molar-refractivity contribution in [3.05, 3.63) is 0 Å². The van der Waals surface area contributed by atoms with Gasteiger partial charge in [-0.1, -0.05) is 13.8 Å². The second-order valence-corrected chi connectivity index (χ2v) is 3.74. The Hall–Kier alpha value is 0.310. The molecule has 56 valence electrons. The van der Waals surface area contributed by atoms with Crippen LogP contribution in [0.3, 0.4) is 0 Å². The quantitative estimate of drug-likeness (QED) is 0.642. The van der Waals surface area contributed by atoms with Crippen molar-refractivity contribution < 1.29 is 5.11 Å². The molecule has 1 nitrogen and oxygen atoms in total. The van der Waals surface area contributed by atoms with Gasteiger partial charge in [0.15, 0.2) is 0 Å². The summed E-state index contributed by atoms with van der Waals surface area (Å²) in [5, 5.41) is 9.16. The number of rotatable bonds is 5. The maximum atomic E-state index is 8.52. The van der Waals surface area contributed by atoms with Crippen molar-refractivity contribution in [2.24, 2.45) is 0 Å². The molecule has 0 aliphatic carbocycles. The monoisotopic (exact) mass is 148 g/mol. The minimum Gasteiger partial charge on any atom is -0.396 e. The molecular weight excluding hydrogens is 132 g/mol. The van der Waals surface area contributed by atoms with Crippen LogP contribution in [0.15, 0.2) is 0 Å².